The van der Waals surface area contributed by atoms with Gasteiger partial charge in [0, 0.05) is 12.4 Å². The Morgan fingerprint density at radius 2 is 2.18 bits per heavy atom. The number of nitrogens with two attached hydrogens (primary N) is 1. The van der Waals surface area contributed by atoms with Crippen LogP contribution < -0.4 is 11.1 Å². The van der Waals surface area contributed by atoms with Crippen LogP contribution in [0.1, 0.15) is 0 Å². The summed E-state index contributed by atoms with van der Waals surface area (Å²) < 4.78 is 0. The summed E-state index contributed by atoms with van der Waals surface area (Å²) in [6.45, 7) is 0. The standard InChI is InChI=1S/C5H6N4O2/c6-3-4(9-5(10)11)8-2-1-7-3/h1-2H,(H2,6,7)(H,8,9)(H,10,11). The highest BCUT2D eigenvalue weighted by Crippen LogP contribution is 2.08. The minimum atomic E-state index is -1.21. The van der Waals surface area contributed by atoms with Crippen molar-refractivity contribution >= 4 is 17.7 Å². The molecule has 0 unspecified atom stereocenters. The summed E-state index contributed by atoms with van der Waals surface area (Å²) >= 11 is 0. The van der Waals surface area contributed by atoms with Crippen LogP contribution in [0.5, 0.6) is 0 Å². The molecule has 0 radical (unpaired) electrons. The zero-order valence-electron chi connectivity index (χ0n) is 5.48. The molecule has 0 aliphatic carbocycles. The first-order valence-corrected chi connectivity index (χ1v) is 2.76. The molecule has 1 heterocycles. The predicted molar refractivity (Wildman–Crippen MR) is 38.1 cm³/mol. The molecule has 0 saturated carbocycles. The van der Waals surface area contributed by atoms with Crippen molar-refractivity contribution in [3.8, 4) is 0 Å². The van der Waals surface area contributed by atoms with Gasteiger partial charge in [-0.1, -0.05) is 0 Å². The molecule has 1 aromatic heterocycles. The van der Waals surface area contributed by atoms with E-state index in [2.05, 4.69) is 9.97 Å². The second-order valence-corrected chi connectivity index (χ2v) is 1.72. The number of nitrogens with zero attached hydrogens (tertiary/aromatic N) is 2. The van der Waals surface area contributed by atoms with Gasteiger partial charge in [-0.3, -0.25) is 5.32 Å². The van der Waals surface area contributed by atoms with E-state index in [-0.39, 0.29) is 11.6 Å². The number of hydrogen-bond acceptors (Lipinski definition) is 4. The second kappa shape index (κ2) is 2.82. The molecule has 0 bridgehead atoms. The number of anilines is 2. The van der Waals surface area contributed by atoms with Gasteiger partial charge in [-0.05, 0) is 0 Å². The molecule has 58 valence electrons. The fourth-order valence-corrected chi connectivity index (χ4v) is 0.546. The zero-order chi connectivity index (χ0) is 8.27. The fourth-order valence-electron chi connectivity index (χ4n) is 0.546. The normalized spacial score (nSPS) is 9.09. The van der Waals surface area contributed by atoms with Crippen LogP contribution in [0, 0.1) is 0 Å². The van der Waals surface area contributed by atoms with E-state index in [9.17, 15) is 4.79 Å². The topological polar surface area (TPSA) is 101 Å². The Bertz CT molecular complexity index is 275. The monoisotopic (exact) mass is 154 g/mol. The quantitative estimate of drug-likeness (QED) is 0.534. The van der Waals surface area contributed by atoms with Gasteiger partial charge in [-0.2, -0.15) is 0 Å². The van der Waals surface area contributed by atoms with Crippen LogP contribution in [0.15, 0.2) is 12.4 Å². The van der Waals surface area contributed by atoms with E-state index in [4.69, 9.17) is 10.8 Å². The van der Waals surface area contributed by atoms with Crippen LogP contribution in [0.2, 0.25) is 0 Å². The molecule has 4 N–H and O–H groups in total. The summed E-state index contributed by atoms with van der Waals surface area (Å²) in [4.78, 5) is 17.3. The average Bonchev–Trinajstić information content (AvgIpc) is 1.93. The summed E-state index contributed by atoms with van der Waals surface area (Å²) in [6.07, 6.45) is 1.52. The van der Waals surface area contributed by atoms with Crippen molar-refractivity contribution in [1.29, 1.82) is 0 Å². The molecule has 0 spiro atoms. The molecular weight excluding hydrogens is 148 g/mol. The Morgan fingerprint density at radius 3 is 2.73 bits per heavy atom. The van der Waals surface area contributed by atoms with Gasteiger partial charge in [0.1, 0.15) is 0 Å². The summed E-state index contributed by atoms with van der Waals surface area (Å²) in [7, 11) is 0. The number of nitrogen functional groups attached to an aromatic ring is 1. The Kier molecular flexibility index (Phi) is 1.86. The molecule has 1 rings (SSSR count). The number of hydrogen-bond donors (Lipinski definition) is 3. The Morgan fingerprint density at radius 1 is 1.55 bits per heavy atom. The van der Waals surface area contributed by atoms with E-state index in [1.165, 1.54) is 12.4 Å². The van der Waals surface area contributed by atoms with E-state index in [0.29, 0.717) is 0 Å². The van der Waals surface area contributed by atoms with E-state index in [1.54, 1.807) is 0 Å². The summed E-state index contributed by atoms with van der Waals surface area (Å²) in [5, 5.41) is 10.2. The van der Waals surface area contributed by atoms with Crippen molar-refractivity contribution in [1.82, 2.24) is 9.97 Å². The lowest BCUT2D eigenvalue weighted by Crippen LogP contribution is -2.11. The van der Waals surface area contributed by atoms with Crippen LogP contribution in [0.3, 0.4) is 0 Å². The third-order valence-electron chi connectivity index (χ3n) is 0.952. The van der Waals surface area contributed by atoms with Gasteiger partial charge in [-0.25, -0.2) is 14.8 Å². The van der Waals surface area contributed by atoms with E-state index >= 15 is 0 Å². The molecule has 11 heavy (non-hydrogen) atoms. The van der Waals surface area contributed by atoms with Gasteiger partial charge in [0.05, 0.1) is 0 Å². The Balaban J connectivity index is 2.86. The minimum Gasteiger partial charge on any atom is -0.465 e. The van der Waals surface area contributed by atoms with E-state index < -0.39 is 6.09 Å². The van der Waals surface area contributed by atoms with Crippen LogP contribution in [0.25, 0.3) is 0 Å². The first kappa shape index (κ1) is 7.26. The number of carboxylic acid groups (broad SMARTS) is 1. The maximum Gasteiger partial charge on any atom is 0.410 e. The summed E-state index contributed by atoms with van der Waals surface area (Å²) in [5.74, 6) is 0.120. The fraction of sp³-hybridized carbons (Fsp3) is 0. The van der Waals surface area contributed by atoms with Gasteiger partial charge in [0.2, 0.25) is 0 Å². The highest BCUT2D eigenvalue weighted by Gasteiger charge is 2.02. The van der Waals surface area contributed by atoms with Gasteiger partial charge >= 0.3 is 6.09 Å². The van der Waals surface area contributed by atoms with Gasteiger partial charge in [0.15, 0.2) is 11.6 Å². The lowest BCUT2D eigenvalue weighted by atomic mass is 10.6. The van der Waals surface area contributed by atoms with Gasteiger partial charge in [0.25, 0.3) is 0 Å². The molecule has 1 amide bonds. The van der Waals surface area contributed by atoms with Crippen LogP contribution >= 0.6 is 0 Å². The third-order valence-corrected chi connectivity index (χ3v) is 0.952. The molecule has 0 atom stereocenters. The maximum absolute atomic E-state index is 10.1. The number of rotatable bonds is 1. The van der Waals surface area contributed by atoms with Crippen LogP contribution in [0.4, 0.5) is 16.4 Å². The van der Waals surface area contributed by atoms with E-state index in [0.717, 1.165) is 0 Å². The van der Waals surface area contributed by atoms with Crippen molar-refractivity contribution < 1.29 is 9.90 Å². The molecule has 0 saturated heterocycles. The Hall–Kier alpha value is -1.85. The van der Waals surface area contributed by atoms with Crippen molar-refractivity contribution in [2.45, 2.75) is 0 Å². The maximum atomic E-state index is 10.1. The van der Waals surface area contributed by atoms with Crippen molar-refractivity contribution in [2.75, 3.05) is 11.1 Å². The first-order valence-electron chi connectivity index (χ1n) is 2.76. The lowest BCUT2D eigenvalue weighted by Gasteiger charge is -1.99. The molecule has 0 aromatic carbocycles. The Labute approximate surface area is 62.1 Å². The first-order chi connectivity index (χ1) is 5.20. The molecular formula is C5H6N4O2. The highest BCUT2D eigenvalue weighted by atomic mass is 16.4. The summed E-state index contributed by atoms with van der Waals surface area (Å²) in [5.41, 5.74) is 5.27. The molecule has 1 aromatic rings. The predicted octanol–water partition coefficient (Wildman–Crippen LogP) is 0.149. The zero-order valence-corrected chi connectivity index (χ0v) is 5.48. The van der Waals surface area contributed by atoms with Crippen molar-refractivity contribution in [2.24, 2.45) is 0 Å². The van der Waals surface area contributed by atoms with Gasteiger partial charge in [-0.15, -0.1) is 0 Å². The summed E-state index contributed by atoms with van der Waals surface area (Å²) in [6, 6.07) is 0. The smallest absolute Gasteiger partial charge is 0.410 e. The van der Waals surface area contributed by atoms with Crippen LogP contribution in [-0.4, -0.2) is 21.2 Å². The van der Waals surface area contributed by atoms with Crippen LogP contribution in [-0.2, 0) is 0 Å². The number of amides is 1. The molecule has 0 aliphatic rings. The van der Waals surface area contributed by atoms with E-state index in [1.807, 2.05) is 5.32 Å². The van der Waals surface area contributed by atoms with Crippen molar-refractivity contribution in [3.63, 3.8) is 0 Å². The lowest BCUT2D eigenvalue weighted by molar-refractivity contribution is 0.209. The minimum absolute atomic E-state index is 0.0556. The highest BCUT2D eigenvalue weighted by molar-refractivity contribution is 5.84. The number of aromatic nitrogens is 2. The number of carbonyl (C=O) groups is 1. The average molecular weight is 154 g/mol. The third kappa shape index (κ3) is 1.78. The van der Waals surface area contributed by atoms with Crippen molar-refractivity contribution in [3.05, 3.63) is 12.4 Å². The molecule has 0 fully saturated rings. The second-order valence-electron chi connectivity index (χ2n) is 1.72. The molecule has 6 heteroatoms. The SMILES string of the molecule is Nc1nccnc1NC(=O)O. The number of nitrogens with one attached hydrogen (secondary N) is 1. The molecule has 6 nitrogen and oxygen atoms in total. The molecule has 0 aliphatic heterocycles. The largest absolute Gasteiger partial charge is 0.465 e. The van der Waals surface area contributed by atoms with Gasteiger partial charge < -0.3 is 10.8 Å².